The molecule has 2 aliphatic heterocycles. The highest BCUT2D eigenvalue weighted by molar-refractivity contribution is 5.90. The Morgan fingerprint density at radius 1 is 1.25 bits per heavy atom. The number of nitrogens with zero attached hydrogens (tertiary/aromatic N) is 3. The van der Waals surface area contributed by atoms with Crippen LogP contribution in [0, 0.1) is 5.92 Å². The lowest BCUT2D eigenvalue weighted by molar-refractivity contribution is -0.137. The summed E-state index contributed by atoms with van der Waals surface area (Å²) in [6, 6.07) is 6.49. The summed E-state index contributed by atoms with van der Waals surface area (Å²) in [5.41, 5.74) is 3.45. The molecule has 0 saturated carbocycles. The molecule has 1 aromatic carbocycles. The maximum Gasteiger partial charge on any atom is 0.228 e. The predicted molar refractivity (Wildman–Crippen MR) is 93.0 cm³/mol. The fraction of sp³-hybridized carbons (Fsp3) is 0.579. The molecule has 2 heterocycles. The molecule has 0 N–H and O–H groups in total. The molecule has 0 spiro atoms. The number of carbonyl (C=O) groups excluding carboxylic acids is 2. The molecule has 0 aromatic heterocycles. The summed E-state index contributed by atoms with van der Waals surface area (Å²) < 4.78 is 0. The minimum absolute atomic E-state index is 0.0484. The molecule has 1 saturated heterocycles. The van der Waals surface area contributed by atoms with E-state index < -0.39 is 5.54 Å². The Kier molecular flexibility index (Phi) is 4.16. The van der Waals surface area contributed by atoms with Gasteiger partial charge in [-0.15, -0.1) is 0 Å². The summed E-state index contributed by atoms with van der Waals surface area (Å²) in [5, 5.41) is 0. The quantitative estimate of drug-likeness (QED) is 0.850. The maximum absolute atomic E-state index is 12.9. The fourth-order valence-electron chi connectivity index (χ4n) is 3.84. The Bertz CT molecular complexity index is 683. The fourth-order valence-corrected chi connectivity index (χ4v) is 3.84. The van der Waals surface area contributed by atoms with Crippen molar-refractivity contribution in [2.24, 2.45) is 5.92 Å². The highest BCUT2D eigenvalue weighted by Gasteiger charge is 2.48. The van der Waals surface area contributed by atoms with E-state index >= 15 is 0 Å². The van der Waals surface area contributed by atoms with Gasteiger partial charge < -0.3 is 9.80 Å². The van der Waals surface area contributed by atoms with Crippen LogP contribution in [0.15, 0.2) is 18.2 Å². The number of benzene rings is 1. The van der Waals surface area contributed by atoms with Crippen molar-refractivity contribution in [3.05, 3.63) is 34.9 Å². The number of rotatable bonds is 3. The zero-order chi connectivity index (χ0) is 17.6. The van der Waals surface area contributed by atoms with Crippen LogP contribution in [0.5, 0.6) is 0 Å². The first-order valence-electron chi connectivity index (χ1n) is 8.51. The van der Waals surface area contributed by atoms with E-state index in [2.05, 4.69) is 30.1 Å². The van der Waals surface area contributed by atoms with Gasteiger partial charge in [0, 0.05) is 45.7 Å². The summed E-state index contributed by atoms with van der Waals surface area (Å²) in [7, 11) is 5.73. The number of hydrogen-bond donors (Lipinski definition) is 0. The van der Waals surface area contributed by atoms with Gasteiger partial charge in [0.2, 0.25) is 11.8 Å². The third-order valence-corrected chi connectivity index (χ3v) is 5.72. The lowest BCUT2D eigenvalue weighted by atomic mass is 9.87. The number of fused-ring (bicyclic) bond motifs is 1. The van der Waals surface area contributed by atoms with Gasteiger partial charge in [0.05, 0.1) is 5.92 Å². The number of carbonyl (C=O) groups is 2. The molecular formula is C19H27N3O2. The van der Waals surface area contributed by atoms with Gasteiger partial charge in [0.1, 0.15) is 0 Å². The van der Waals surface area contributed by atoms with Gasteiger partial charge in [-0.3, -0.25) is 14.5 Å². The van der Waals surface area contributed by atoms with Crippen LogP contribution in [-0.4, -0.2) is 53.2 Å². The first-order valence-corrected chi connectivity index (χ1v) is 8.51. The molecule has 1 unspecified atom stereocenters. The van der Waals surface area contributed by atoms with Crippen molar-refractivity contribution in [3.8, 4) is 0 Å². The molecule has 24 heavy (non-hydrogen) atoms. The van der Waals surface area contributed by atoms with Crippen LogP contribution >= 0.6 is 0 Å². The van der Waals surface area contributed by atoms with Gasteiger partial charge in [-0.2, -0.15) is 0 Å². The molecule has 2 amide bonds. The van der Waals surface area contributed by atoms with Gasteiger partial charge in [0.15, 0.2) is 0 Å². The van der Waals surface area contributed by atoms with Gasteiger partial charge >= 0.3 is 0 Å². The van der Waals surface area contributed by atoms with Crippen molar-refractivity contribution in [1.29, 1.82) is 0 Å². The van der Waals surface area contributed by atoms with Crippen molar-refractivity contribution in [3.63, 3.8) is 0 Å². The number of likely N-dealkylation sites (tertiary alicyclic amines) is 1. The standard InChI is InChI=1S/C19H27N3O2/c1-19(2)16(9-17(23)22(19)5)18(24)21(4)10-13-6-7-14-11-20(3)12-15(14)8-13/h6-8,16H,9-12H2,1-5H3. The minimum Gasteiger partial charge on any atom is -0.341 e. The predicted octanol–water partition coefficient (Wildman–Crippen LogP) is 1.85. The smallest absolute Gasteiger partial charge is 0.228 e. The molecule has 3 rings (SSSR count). The molecule has 1 aromatic rings. The lowest BCUT2D eigenvalue weighted by Gasteiger charge is -2.34. The molecule has 0 radical (unpaired) electrons. The third-order valence-electron chi connectivity index (χ3n) is 5.72. The van der Waals surface area contributed by atoms with E-state index in [9.17, 15) is 9.59 Å². The first kappa shape index (κ1) is 17.0. The van der Waals surface area contributed by atoms with Crippen LogP contribution in [0.1, 0.15) is 37.0 Å². The number of amides is 2. The van der Waals surface area contributed by atoms with Crippen LogP contribution in [-0.2, 0) is 29.2 Å². The topological polar surface area (TPSA) is 43.9 Å². The highest BCUT2D eigenvalue weighted by atomic mass is 16.2. The molecule has 0 aliphatic carbocycles. The molecule has 1 fully saturated rings. The lowest BCUT2D eigenvalue weighted by Crippen LogP contribution is -2.47. The summed E-state index contributed by atoms with van der Waals surface area (Å²) in [4.78, 5) is 30.6. The maximum atomic E-state index is 12.9. The third kappa shape index (κ3) is 2.81. The summed E-state index contributed by atoms with van der Waals surface area (Å²) in [6.07, 6.45) is 0.307. The van der Waals surface area contributed by atoms with Crippen molar-refractivity contribution in [2.45, 2.75) is 45.4 Å². The van der Waals surface area contributed by atoms with Gasteiger partial charge in [-0.1, -0.05) is 18.2 Å². The van der Waals surface area contributed by atoms with E-state index in [1.54, 1.807) is 16.8 Å². The largest absolute Gasteiger partial charge is 0.341 e. The van der Waals surface area contributed by atoms with Crippen molar-refractivity contribution < 1.29 is 9.59 Å². The van der Waals surface area contributed by atoms with E-state index in [1.165, 1.54) is 11.1 Å². The molecular weight excluding hydrogens is 302 g/mol. The van der Waals surface area contributed by atoms with Crippen molar-refractivity contribution in [2.75, 3.05) is 21.1 Å². The average Bonchev–Trinajstić information content (AvgIpc) is 2.98. The van der Waals surface area contributed by atoms with Crippen LogP contribution in [0.3, 0.4) is 0 Å². The normalized spacial score (nSPS) is 22.8. The van der Waals surface area contributed by atoms with Gasteiger partial charge in [0.25, 0.3) is 0 Å². The summed E-state index contributed by atoms with van der Waals surface area (Å²) >= 11 is 0. The van der Waals surface area contributed by atoms with Crippen molar-refractivity contribution >= 4 is 11.8 Å². The van der Waals surface area contributed by atoms with Crippen molar-refractivity contribution in [1.82, 2.24) is 14.7 Å². The Balaban J connectivity index is 1.71. The van der Waals surface area contributed by atoms with E-state index in [-0.39, 0.29) is 17.7 Å². The van der Waals surface area contributed by atoms with E-state index in [1.807, 2.05) is 20.9 Å². The van der Waals surface area contributed by atoms with Gasteiger partial charge in [-0.25, -0.2) is 0 Å². The zero-order valence-corrected chi connectivity index (χ0v) is 15.3. The SMILES string of the molecule is CN1Cc2ccc(CN(C)C(=O)C3CC(=O)N(C)C3(C)C)cc2C1. The Morgan fingerprint density at radius 2 is 1.92 bits per heavy atom. The first-order chi connectivity index (χ1) is 11.2. The monoisotopic (exact) mass is 329 g/mol. The second kappa shape index (κ2) is 5.88. The van der Waals surface area contributed by atoms with Crippen LogP contribution in [0.4, 0.5) is 0 Å². The molecule has 5 heteroatoms. The second-order valence-electron chi connectivity index (χ2n) is 7.83. The molecule has 1 atom stereocenters. The Hall–Kier alpha value is -1.88. The number of hydrogen-bond acceptors (Lipinski definition) is 3. The van der Waals surface area contributed by atoms with Gasteiger partial charge in [-0.05, 0) is 37.6 Å². The summed E-state index contributed by atoms with van der Waals surface area (Å²) in [5.74, 6) is -0.178. The molecule has 5 nitrogen and oxygen atoms in total. The average molecular weight is 329 g/mol. The molecule has 2 aliphatic rings. The molecule has 130 valence electrons. The highest BCUT2D eigenvalue weighted by Crippen LogP contribution is 2.35. The summed E-state index contributed by atoms with van der Waals surface area (Å²) in [6.45, 7) is 6.49. The van der Waals surface area contributed by atoms with E-state index in [0.29, 0.717) is 13.0 Å². The second-order valence-corrected chi connectivity index (χ2v) is 7.83. The zero-order valence-electron chi connectivity index (χ0n) is 15.3. The van der Waals surface area contributed by atoms with Crippen LogP contribution < -0.4 is 0 Å². The van der Waals surface area contributed by atoms with E-state index in [0.717, 1.165) is 18.7 Å². The Labute approximate surface area is 144 Å². The molecule has 0 bridgehead atoms. The van der Waals surface area contributed by atoms with Crippen LogP contribution in [0.2, 0.25) is 0 Å². The Morgan fingerprint density at radius 3 is 2.54 bits per heavy atom. The minimum atomic E-state index is -0.428. The van der Waals surface area contributed by atoms with Crippen LogP contribution in [0.25, 0.3) is 0 Å². The van der Waals surface area contributed by atoms with E-state index in [4.69, 9.17) is 0 Å².